The topological polar surface area (TPSA) is 90.7 Å². The van der Waals surface area contributed by atoms with Gasteiger partial charge in [0.1, 0.15) is 19.3 Å². The van der Waals surface area contributed by atoms with Crippen LogP contribution in [0.25, 0.3) is 0 Å². The average Bonchev–Trinajstić information content (AvgIpc) is 2.60. The van der Waals surface area contributed by atoms with Crippen molar-refractivity contribution in [3.05, 3.63) is 58.6 Å². The first-order valence-electron chi connectivity index (χ1n) is 7.76. The lowest BCUT2D eigenvalue weighted by atomic mass is 10.1. The number of benzene rings is 2. The van der Waals surface area contributed by atoms with Crippen molar-refractivity contribution in [2.75, 3.05) is 13.2 Å². The highest BCUT2D eigenvalue weighted by molar-refractivity contribution is 6.32. The van der Waals surface area contributed by atoms with E-state index >= 15 is 0 Å². The van der Waals surface area contributed by atoms with E-state index in [0.29, 0.717) is 40.9 Å². The Labute approximate surface area is 149 Å². The van der Waals surface area contributed by atoms with Crippen LogP contribution in [0.4, 0.5) is 0 Å². The third-order valence-corrected chi connectivity index (χ3v) is 4.02. The summed E-state index contributed by atoms with van der Waals surface area (Å²) in [5, 5.41) is 3.04. The summed E-state index contributed by atoms with van der Waals surface area (Å²) in [4.78, 5) is 24.0. The summed E-state index contributed by atoms with van der Waals surface area (Å²) >= 11 is 6.17. The third-order valence-electron chi connectivity index (χ3n) is 3.74. The van der Waals surface area contributed by atoms with Gasteiger partial charge in [0.2, 0.25) is 11.8 Å². The van der Waals surface area contributed by atoms with Crippen LogP contribution < -0.4 is 20.5 Å². The first-order valence-corrected chi connectivity index (χ1v) is 8.14. The molecule has 0 spiro atoms. The van der Waals surface area contributed by atoms with Gasteiger partial charge < -0.3 is 20.5 Å². The number of nitrogens with two attached hydrogens (primary N) is 1. The molecule has 0 bridgehead atoms. The first-order chi connectivity index (χ1) is 12.0. The number of carbonyl (C=O) groups excluding carboxylic acids is 2. The van der Waals surface area contributed by atoms with Crippen molar-refractivity contribution < 1.29 is 19.1 Å². The van der Waals surface area contributed by atoms with E-state index in [1.807, 2.05) is 6.07 Å². The van der Waals surface area contributed by atoms with E-state index in [1.165, 1.54) is 0 Å². The Morgan fingerprint density at radius 1 is 1.16 bits per heavy atom. The van der Waals surface area contributed by atoms with Crippen LogP contribution in [0.5, 0.6) is 11.5 Å². The Bertz CT molecular complexity index is 795. The molecule has 2 aromatic carbocycles. The maximum Gasteiger partial charge on any atom is 0.244 e. The van der Waals surface area contributed by atoms with Crippen molar-refractivity contribution in [2.24, 2.45) is 5.73 Å². The number of rotatable bonds is 5. The molecule has 0 aliphatic carbocycles. The molecule has 3 N–H and O–H groups in total. The second kappa shape index (κ2) is 7.44. The zero-order chi connectivity index (χ0) is 17.8. The van der Waals surface area contributed by atoms with E-state index in [0.717, 1.165) is 0 Å². The van der Waals surface area contributed by atoms with Crippen molar-refractivity contribution >= 4 is 23.4 Å². The van der Waals surface area contributed by atoms with Crippen LogP contribution in [0.3, 0.4) is 0 Å². The Kier molecular flexibility index (Phi) is 5.09. The summed E-state index contributed by atoms with van der Waals surface area (Å²) in [6.07, 6.45) is 0.0347. The van der Waals surface area contributed by atoms with Crippen LogP contribution in [0.2, 0.25) is 5.02 Å². The minimum absolute atomic E-state index is 0.0347. The third kappa shape index (κ3) is 4.03. The molecule has 3 rings (SSSR count). The van der Waals surface area contributed by atoms with Crippen LogP contribution >= 0.6 is 11.6 Å². The summed E-state index contributed by atoms with van der Waals surface area (Å²) in [6, 6.07) is 11.3. The molecule has 6 nitrogen and oxygen atoms in total. The number of hydrogen-bond donors (Lipinski definition) is 2. The lowest BCUT2D eigenvalue weighted by molar-refractivity contribution is -0.127. The lowest BCUT2D eigenvalue weighted by Gasteiger charge is -2.20. The molecule has 1 atom stereocenters. The van der Waals surface area contributed by atoms with Crippen molar-refractivity contribution in [1.82, 2.24) is 5.32 Å². The van der Waals surface area contributed by atoms with Gasteiger partial charge in [0.05, 0.1) is 11.4 Å². The molecule has 0 aromatic heterocycles. The summed E-state index contributed by atoms with van der Waals surface area (Å²) in [5.74, 6) is 0.0209. The summed E-state index contributed by atoms with van der Waals surface area (Å²) < 4.78 is 10.9. The smallest absolute Gasteiger partial charge is 0.244 e. The van der Waals surface area contributed by atoms with Gasteiger partial charge in [0.25, 0.3) is 0 Å². The summed E-state index contributed by atoms with van der Waals surface area (Å²) in [6.45, 7) is 0.862. The number of primary amides is 1. The zero-order valence-corrected chi connectivity index (χ0v) is 14.1. The Balaban J connectivity index is 1.73. The molecule has 0 saturated carbocycles. The molecule has 130 valence electrons. The number of fused-ring (bicyclic) bond motifs is 1. The molecule has 1 aliphatic heterocycles. The highest BCUT2D eigenvalue weighted by Crippen LogP contribution is 2.38. The molecule has 1 aliphatic rings. The Hall–Kier alpha value is -2.73. The van der Waals surface area contributed by atoms with Gasteiger partial charge in [-0.3, -0.25) is 9.59 Å². The first kappa shape index (κ1) is 17.1. The van der Waals surface area contributed by atoms with Crippen molar-refractivity contribution in [3.63, 3.8) is 0 Å². The number of hydrogen-bond acceptors (Lipinski definition) is 4. The average molecular weight is 361 g/mol. The molecular weight excluding hydrogens is 344 g/mol. The van der Waals surface area contributed by atoms with Gasteiger partial charge in [-0.15, -0.1) is 0 Å². The van der Waals surface area contributed by atoms with Crippen LogP contribution in [-0.4, -0.2) is 25.0 Å². The standard InChI is InChI=1S/C18H17ClN2O4/c19-13-8-11(9-14-17(13)25-7-6-24-14)10-15(22)21-16(18(20)23)12-4-2-1-3-5-12/h1-5,8-9,16H,6-7,10H2,(H2,20,23)(H,21,22). The molecule has 0 fully saturated rings. The molecule has 25 heavy (non-hydrogen) atoms. The lowest BCUT2D eigenvalue weighted by Crippen LogP contribution is -2.38. The minimum atomic E-state index is -0.888. The number of carbonyl (C=O) groups is 2. The predicted octanol–water partition coefficient (Wildman–Crippen LogP) is 2.00. The molecule has 1 heterocycles. The fraction of sp³-hybridized carbons (Fsp3) is 0.222. The molecular formula is C18H17ClN2O4. The van der Waals surface area contributed by atoms with E-state index < -0.39 is 11.9 Å². The van der Waals surface area contributed by atoms with Crippen molar-refractivity contribution in [2.45, 2.75) is 12.5 Å². The maximum atomic E-state index is 12.3. The fourth-order valence-electron chi connectivity index (χ4n) is 2.63. The number of amides is 2. The molecule has 0 radical (unpaired) electrons. The van der Waals surface area contributed by atoms with Crippen LogP contribution in [0.15, 0.2) is 42.5 Å². The van der Waals surface area contributed by atoms with Gasteiger partial charge in [0.15, 0.2) is 11.5 Å². The van der Waals surface area contributed by atoms with E-state index in [1.54, 1.807) is 36.4 Å². The van der Waals surface area contributed by atoms with Gasteiger partial charge in [-0.2, -0.15) is 0 Å². The molecule has 2 aromatic rings. The second-order valence-electron chi connectivity index (χ2n) is 5.59. The van der Waals surface area contributed by atoms with Crippen molar-refractivity contribution in [3.8, 4) is 11.5 Å². The van der Waals surface area contributed by atoms with E-state index in [4.69, 9.17) is 26.8 Å². The molecule has 2 amide bonds. The van der Waals surface area contributed by atoms with Crippen molar-refractivity contribution in [1.29, 1.82) is 0 Å². The summed E-state index contributed by atoms with van der Waals surface area (Å²) in [7, 11) is 0. The number of nitrogens with one attached hydrogen (secondary N) is 1. The maximum absolute atomic E-state index is 12.3. The zero-order valence-electron chi connectivity index (χ0n) is 13.3. The van der Waals surface area contributed by atoms with Gasteiger partial charge in [-0.1, -0.05) is 41.9 Å². The number of ether oxygens (including phenoxy) is 2. The molecule has 1 unspecified atom stereocenters. The Morgan fingerprint density at radius 3 is 2.60 bits per heavy atom. The quantitative estimate of drug-likeness (QED) is 0.853. The van der Waals surface area contributed by atoms with Gasteiger partial charge in [-0.25, -0.2) is 0 Å². The van der Waals surface area contributed by atoms with Gasteiger partial charge >= 0.3 is 0 Å². The fourth-order valence-corrected chi connectivity index (χ4v) is 2.92. The Morgan fingerprint density at radius 2 is 1.88 bits per heavy atom. The van der Waals surface area contributed by atoms with E-state index in [9.17, 15) is 9.59 Å². The molecule has 7 heteroatoms. The highest BCUT2D eigenvalue weighted by Gasteiger charge is 2.21. The monoisotopic (exact) mass is 360 g/mol. The van der Waals surface area contributed by atoms with Crippen LogP contribution in [-0.2, 0) is 16.0 Å². The normalized spacial score (nSPS) is 13.8. The largest absolute Gasteiger partial charge is 0.486 e. The SMILES string of the molecule is NC(=O)C(NC(=O)Cc1cc(Cl)c2c(c1)OCCO2)c1ccccc1. The molecule has 0 saturated heterocycles. The van der Waals surface area contributed by atoms with Crippen LogP contribution in [0.1, 0.15) is 17.2 Å². The van der Waals surface area contributed by atoms with Crippen LogP contribution in [0, 0.1) is 0 Å². The van der Waals surface area contributed by atoms with E-state index in [2.05, 4.69) is 5.32 Å². The minimum Gasteiger partial charge on any atom is -0.486 e. The highest BCUT2D eigenvalue weighted by atomic mass is 35.5. The van der Waals surface area contributed by atoms with Gasteiger partial charge in [0, 0.05) is 0 Å². The van der Waals surface area contributed by atoms with E-state index in [-0.39, 0.29) is 12.3 Å². The number of halogens is 1. The summed E-state index contributed by atoms with van der Waals surface area (Å²) in [5.41, 5.74) is 6.70. The second-order valence-corrected chi connectivity index (χ2v) is 6.00. The predicted molar refractivity (Wildman–Crippen MR) is 92.7 cm³/mol. The van der Waals surface area contributed by atoms with Gasteiger partial charge in [-0.05, 0) is 23.3 Å².